The first kappa shape index (κ1) is 57.3. The van der Waals surface area contributed by atoms with Crippen molar-refractivity contribution in [3.63, 3.8) is 0 Å². The van der Waals surface area contributed by atoms with Crippen molar-refractivity contribution < 1.29 is 109 Å². The van der Waals surface area contributed by atoms with E-state index >= 15 is 0 Å². The zero-order valence-electron chi connectivity index (χ0n) is 38.2. The smallest absolute Gasteiger partial charge is 0.374 e. The molecule has 380 valence electrons. The number of carboxylic acid groups (broad SMARTS) is 1. The fourth-order valence-corrected chi connectivity index (χ4v) is 6.18. The zero-order chi connectivity index (χ0) is 51.6. The first-order chi connectivity index (χ1) is 32.4. The number of benzene rings is 1. The monoisotopic (exact) mass is 976 g/mol. The highest BCUT2D eigenvalue weighted by Crippen LogP contribution is 2.38. The molecule has 1 aliphatic carbocycles. The Morgan fingerprint density at radius 3 is 1.97 bits per heavy atom. The van der Waals surface area contributed by atoms with Crippen LogP contribution >= 0.6 is 0 Å². The van der Waals surface area contributed by atoms with E-state index in [0.29, 0.717) is 5.56 Å². The topological polar surface area (TPSA) is 355 Å². The molecule has 3 rings (SSSR count). The summed E-state index contributed by atoms with van der Waals surface area (Å²) in [6.07, 6.45) is -0.651. The molecule has 69 heavy (non-hydrogen) atoms. The molecular formula is C47H60O22. The van der Waals surface area contributed by atoms with Crippen LogP contribution in [0.25, 0.3) is 6.08 Å². The average molecular weight is 977 g/mol. The number of phenolic OH excluding ortho intramolecular Hbond substituents is 2. The van der Waals surface area contributed by atoms with Gasteiger partial charge in [0.2, 0.25) is 24.6 Å². The molecule has 11 N–H and O–H groups in total. The molecule has 0 spiro atoms. The summed E-state index contributed by atoms with van der Waals surface area (Å²) in [5.74, 6) is -5.59. The number of hydrogen-bond acceptors (Lipinski definition) is 21. The summed E-state index contributed by atoms with van der Waals surface area (Å²) in [6, 6.07) is 3.80. The summed E-state index contributed by atoms with van der Waals surface area (Å²) in [6.45, 7) is 6.06. The van der Waals surface area contributed by atoms with Crippen LogP contribution in [0, 0.1) is 0 Å². The molecule has 22 heteroatoms. The lowest BCUT2D eigenvalue weighted by molar-refractivity contribution is -0.305. The number of rotatable bonds is 24. The summed E-state index contributed by atoms with van der Waals surface area (Å²) in [7, 11) is 0. The van der Waals surface area contributed by atoms with Gasteiger partial charge >= 0.3 is 23.9 Å². The van der Waals surface area contributed by atoms with Gasteiger partial charge in [-0.15, -0.1) is 0 Å². The highest BCUT2D eigenvalue weighted by molar-refractivity contribution is 5.89. The van der Waals surface area contributed by atoms with Gasteiger partial charge in [0.1, 0.15) is 24.4 Å². The summed E-state index contributed by atoms with van der Waals surface area (Å²) in [4.78, 5) is 50.4. The Labute approximate surface area is 396 Å². The van der Waals surface area contributed by atoms with Crippen molar-refractivity contribution in [3.8, 4) is 11.5 Å². The normalized spacial score (nSPS) is 23.8. The van der Waals surface area contributed by atoms with E-state index in [2.05, 4.69) is 0 Å². The van der Waals surface area contributed by atoms with Crippen LogP contribution in [0.15, 0.2) is 108 Å². The highest BCUT2D eigenvalue weighted by atomic mass is 16.8. The Kier molecular flexibility index (Phi) is 22.6. The lowest BCUT2D eigenvalue weighted by Gasteiger charge is -2.44. The van der Waals surface area contributed by atoms with Crippen LogP contribution in [0.3, 0.4) is 0 Å². The number of carbonyl (C=O) groups excluding carboxylic acids is 3. The van der Waals surface area contributed by atoms with E-state index in [-0.39, 0.29) is 17.1 Å². The molecule has 1 heterocycles. The number of ether oxygens (including phenoxy) is 7. The maximum absolute atomic E-state index is 12.9. The molecule has 0 aromatic heterocycles. The van der Waals surface area contributed by atoms with Gasteiger partial charge < -0.3 is 89.3 Å². The van der Waals surface area contributed by atoms with E-state index < -0.39 is 129 Å². The quantitative estimate of drug-likeness (QED) is 0.0169. The molecule has 1 saturated carbocycles. The maximum Gasteiger partial charge on any atom is 0.374 e. The fourth-order valence-electron chi connectivity index (χ4n) is 6.18. The molecule has 1 aromatic carbocycles. The van der Waals surface area contributed by atoms with Crippen LogP contribution < -0.4 is 0 Å². The van der Waals surface area contributed by atoms with Crippen LogP contribution in [0.2, 0.25) is 0 Å². The van der Waals surface area contributed by atoms with E-state index in [4.69, 9.17) is 33.2 Å². The van der Waals surface area contributed by atoms with Gasteiger partial charge in [0.25, 0.3) is 6.29 Å². The van der Waals surface area contributed by atoms with E-state index in [1.165, 1.54) is 69.4 Å². The number of aliphatic hydroxyl groups excluding tert-OH is 5. The summed E-state index contributed by atoms with van der Waals surface area (Å²) in [5, 5.41) is 108. The van der Waals surface area contributed by atoms with E-state index in [1.807, 2.05) is 0 Å². The fraction of sp³-hybridized carbons (Fsp3) is 0.447. The molecule has 0 bridgehead atoms. The van der Waals surface area contributed by atoms with Crippen LogP contribution in [0.4, 0.5) is 0 Å². The molecule has 1 aliphatic heterocycles. The van der Waals surface area contributed by atoms with Crippen LogP contribution in [0.5, 0.6) is 11.5 Å². The zero-order valence-corrected chi connectivity index (χ0v) is 38.2. The van der Waals surface area contributed by atoms with E-state index in [0.717, 1.165) is 17.2 Å². The summed E-state index contributed by atoms with van der Waals surface area (Å²) in [5.41, 5.74) is -0.588. The Morgan fingerprint density at radius 1 is 0.797 bits per heavy atom. The number of aliphatic hydroxyl groups is 8. The molecule has 2 fully saturated rings. The van der Waals surface area contributed by atoms with E-state index in [1.54, 1.807) is 50.3 Å². The van der Waals surface area contributed by atoms with Crippen molar-refractivity contribution >= 4 is 30.0 Å². The number of allylic oxidation sites excluding steroid dienone is 12. The number of hydrogen-bond donors (Lipinski definition) is 11. The Bertz CT molecular complexity index is 2160. The predicted molar refractivity (Wildman–Crippen MR) is 238 cm³/mol. The number of fused-ring (bicyclic) bond motifs is 1. The number of aliphatic carboxylic acids is 1. The molecule has 22 nitrogen and oxygen atoms in total. The number of carboxylic acids is 1. The molecule has 1 aromatic rings. The van der Waals surface area contributed by atoms with E-state index in [9.17, 15) is 75.3 Å². The van der Waals surface area contributed by atoms with Crippen molar-refractivity contribution in [1.82, 2.24) is 0 Å². The van der Waals surface area contributed by atoms with Crippen molar-refractivity contribution in [2.75, 3.05) is 13.2 Å². The molecule has 0 amide bonds. The van der Waals surface area contributed by atoms with Crippen molar-refractivity contribution in [3.05, 3.63) is 113 Å². The van der Waals surface area contributed by atoms with Gasteiger partial charge in [-0.2, -0.15) is 0 Å². The van der Waals surface area contributed by atoms with Gasteiger partial charge in [-0.1, -0.05) is 71.9 Å². The molecule has 0 radical (unpaired) electrons. The number of carbonyl (C=O) groups is 4. The standard InChI is InChI=1S/C47H60O22/c1-25(12-8-14-27(3)42(58)69-45(41(56)57)67-37(29(5)50)24-63-44(40(54)55)66-36(23-48)28(4)49)10-6-7-11-26(2)13-9-15-33-43(59)68-39-34(64-33)21-47(62,46(60)61)22-35(39)65-38(53)19-17-30-16-18-31(51)32(52)20-30/h6-20,28-29,34-37,39-41,44-45,48-52,54-57,62H,21-24H2,1-5H3,(H,60,61)/b7-6+,12-8+,13-9+,19-17+,25-10+,26-11-,27-14+,33-15-/t28-,29-,34-,35+,36?,37?,39+,44?,45?,47+/m0/s1. The van der Waals surface area contributed by atoms with Crippen LogP contribution in [0.1, 0.15) is 53.0 Å². The molecule has 10 atom stereocenters. The summed E-state index contributed by atoms with van der Waals surface area (Å²) >= 11 is 0. The first-order valence-corrected chi connectivity index (χ1v) is 21.3. The SMILES string of the molecule is CC(=C/C=C/C=C(C)/C=C/C=C(\C)C(=O)OC(OC(COC(OC(CO)[C@H](C)O)C(O)O)[C@H](C)O)C(O)O)/C=C/C=C1\O[C@H]2C[C@](O)(C(=O)O)C[C@@H](OC(=O)/C=C/c3ccc(O)c(O)c3)[C@@H]2OC1=O. The maximum atomic E-state index is 12.9. The second-order valence-electron chi connectivity index (χ2n) is 15.9. The van der Waals surface area contributed by atoms with Gasteiger partial charge in [0.15, 0.2) is 23.2 Å². The number of aromatic hydroxyl groups is 2. The first-order valence-electron chi connectivity index (χ1n) is 21.3. The van der Waals surface area contributed by atoms with Gasteiger partial charge in [-0.3, -0.25) is 0 Å². The highest BCUT2D eigenvalue weighted by Gasteiger charge is 2.56. The van der Waals surface area contributed by atoms with Gasteiger partial charge in [-0.05, 0) is 64.5 Å². The van der Waals surface area contributed by atoms with Gasteiger partial charge in [-0.25, -0.2) is 19.2 Å². The van der Waals surface area contributed by atoms with Crippen LogP contribution in [-0.2, 0) is 52.3 Å². The third kappa shape index (κ3) is 18.4. The molecule has 2 aliphatic rings. The van der Waals surface area contributed by atoms with Crippen molar-refractivity contribution in [2.24, 2.45) is 0 Å². The predicted octanol–water partition coefficient (Wildman–Crippen LogP) is 0.692. The minimum atomic E-state index is -2.38. The largest absolute Gasteiger partial charge is 0.504 e. The Hall–Kier alpha value is -6.02. The summed E-state index contributed by atoms with van der Waals surface area (Å²) < 4.78 is 37.5. The molecule has 4 unspecified atom stereocenters. The van der Waals surface area contributed by atoms with Crippen molar-refractivity contribution in [2.45, 2.75) is 121 Å². The van der Waals surface area contributed by atoms with Gasteiger partial charge in [0.05, 0.1) is 25.4 Å². The lowest BCUT2D eigenvalue weighted by atomic mass is 9.79. The Balaban J connectivity index is 1.57. The number of esters is 3. The second-order valence-corrected chi connectivity index (χ2v) is 15.9. The number of phenols is 2. The van der Waals surface area contributed by atoms with Crippen LogP contribution in [-0.4, -0.2) is 167 Å². The average Bonchev–Trinajstić information content (AvgIpc) is 3.27. The van der Waals surface area contributed by atoms with Gasteiger partial charge in [0, 0.05) is 24.5 Å². The molecular weight excluding hydrogens is 916 g/mol. The second kappa shape index (κ2) is 27.2. The Morgan fingerprint density at radius 2 is 1.41 bits per heavy atom. The lowest BCUT2D eigenvalue weighted by Crippen LogP contribution is -2.60. The third-order valence-corrected chi connectivity index (χ3v) is 10.1. The minimum absolute atomic E-state index is 0.0107. The van der Waals surface area contributed by atoms with Crippen molar-refractivity contribution in [1.29, 1.82) is 0 Å². The molecule has 1 saturated heterocycles. The minimum Gasteiger partial charge on any atom is -0.504 e. The third-order valence-electron chi connectivity index (χ3n) is 10.1.